The standard InChI is InChI=1S/C18H21NO.C2H2O4/c1-19-13-12-18(20-16-10-6-3-7-11-16)17(14-19)15-8-4-2-5-9-15;3-1(4)2(5)6/h2-11,17-18H,12-14H2,1H3;(H,3,4)(H,5,6)/t17-,18+;/m0./s1. The molecule has 2 atom stereocenters. The molecule has 1 aliphatic heterocycles. The number of carboxylic acid groups (broad SMARTS) is 2. The Morgan fingerprint density at radius 2 is 1.50 bits per heavy atom. The van der Waals surface area contributed by atoms with Crippen LogP contribution in [-0.2, 0) is 9.59 Å². The van der Waals surface area contributed by atoms with Gasteiger partial charge in [0.05, 0.1) is 0 Å². The van der Waals surface area contributed by atoms with Crippen LogP contribution in [0.5, 0.6) is 5.75 Å². The van der Waals surface area contributed by atoms with Gasteiger partial charge in [-0.15, -0.1) is 0 Å². The normalized spacial score (nSPS) is 19.7. The van der Waals surface area contributed by atoms with Crippen LogP contribution in [0, 0.1) is 0 Å². The molecule has 0 unspecified atom stereocenters. The number of hydrogen-bond acceptors (Lipinski definition) is 4. The van der Waals surface area contributed by atoms with Crippen molar-refractivity contribution in [2.45, 2.75) is 18.4 Å². The molecule has 0 radical (unpaired) electrons. The van der Waals surface area contributed by atoms with Gasteiger partial charge in [0, 0.05) is 19.0 Å². The van der Waals surface area contributed by atoms with E-state index in [-0.39, 0.29) is 6.10 Å². The molecule has 3 rings (SSSR count). The zero-order valence-corrected chi connectivity index (χ0v) is 14.6. The Bertz CT molecular complexity index is 693. The molecule has 1 fully saturated rings. The lowest BCUT2D eigenvalue weighted by Crippen LogP contribution is -2.42. The van der Waals surface area contributed by atoms with Crippen LogP contribution in [0.15, 0.2) is 60.7 Å². The topological polar surface area (TPSA) is 87.1 Å². The average molecular weight is 357 g/mol. The van der Waals surface area contributed by atoms with E-state index in [4.69, 9.17) is 24.5 Å². The summed E-state index contributed by atoms with van der Waals surface area (Å²) in [6.45, 7) is 2.16. The highest BCUT2D eigenvalue weighted by Gasteiger charge is 2.30. The van der Waals surface area contributed by atoms with Gasteiger partial charge < -0.3 is 19.8 Å². The minimum absolute atomic E-state index is 0.260. The van der Waals surface area contributed by atoms with Crippen LogP contribution in [0.1, 0.15) is 17.9 Å². The van der Waals surface area contributed by atoms with Gasteiger partial charge in [-0.1, -0.05) is 48.5 Å². The molecule has 6 nitrogen and oxygen atoms in total. The van der Waals surface area contributed by atoms with Gasteiger partial charge in [0.25, 0.3) is 0 Å². The molecule has 0 saturated carbocycles. The molecule has 26 heavy (non-hydrogen) atoms. The van der Waals surface area contributed by atoms with Crippen molar-refractivity contribution in [2.24, 2.45) is 0 Å². The maximum absolute atomic E-state index is 9.10. The number of ether oxygens (including phenoxy) is 1. The first-order valence-electron chi connectivity index (χ1n) is 8.38. The third-order valence-corrected chi connectivity index (χ3v) is 4.19. The Balaban J connectivity index is 0.000000352. The van der Waals surface area contributed by atoms with Crippen LogP contribution >= 0.6 is 0 Å². The number of benzene rings is 2. The van der Waals surface area contributed by atoms with E-state index in [9.17, 15) is 0 Å². The number of likely N-dealkylation sites (N-methyl/N-ethyl adjacent to an activating group) is 1. The fourth-order valence-electron chi connectivity index (χ4n) is 2.93. The maximum atomic E-state index is 9.10. The highest BCUT2D eigenvalue weighted by atomic mass is 16.5. The second-order valence-corrected chi connectivity index (χ2v) is 6.15. The van der Waals surface area contributed by atoms with Gasteiger partial charge in [-0.3, -0.25) is 0 Å². The summed E-state index contributed by atoms with van der Waals surface area (Å²) in [5, 5.41) is 14.8. The first-order valence-corrected chi connectivity index (χ1v) is 8.38. The molecular formula is C20H23NO5. The number of carboxylic acids is 2. The van der Waals surface area contributed by atoms with E-state index in [2.05, 4.69) is 42.3 Å². The van der Waals surface area contributed by atoms with Crippen LogP contribution in [0.4, 0.5) is 0 Å². The molecule has 2 N–H and O–H groups in total. The van der Waals surface area contributed by atoms with Crippen molar-refractivity contribution in [1.82, 2.24) is 4.90 Å². The van der Waals surface area contributed by atoms with Crippen molar-refractivity contribution in [3.63, 3.8) is 0 Å². The zero-order chi connectivity index (χ0) is 18.9. The number of piperidine rings is 1. The smallest absolute Gasteiger partial charge is 0.414 e. The number of nitrogens with zero attached hydrogens (tertiary/aromatic N) is 1. The molecule has 1 aliphatic rings. The summed E-state index contributed by atoms with van der Waals surface area (Å²) in [5.41, 5.74) is 1.37. The van der Waals surface area contributed by atoms with Crippen molar-refractivity contribution in [2.75, 3.05) is 20.1 Å². The predicted molar refractivity (Wildman–Crippen MR) is 97.4 cm³/mol. The van der Waals surface area contributed by atoms with Crippen LogP contribution < -0.4 is 4.74 Å². The molecule has 2 aromatic rings. The van der Waals surface area contributed by atoms with Gasteiger partial charge in [-0.25, -0.2) is 9.59 Å². The molecule has 6 heteroatoms. The maximum Gasteiger partial charge on any atom is 0.414 e. The van der Waals surface area contributed by atoms with Gasteiger partial charge in [0.15, 0.2) is 0 Å². The molecule has 0 spiro atoms. The van der Waals surface area contributed by atoms with Crippen LogP contribution in [-0.4, -0.2) is 53.3 Å². The molecule has 138 valence electrons. The average Bonchev–Trinajstić information content (AvgIpc) is 2.65. The van der Waals surface area contributed by atoms with Crippen LogP contribution in [0.3, 0.4) is 0 Å². The summed E-state index contributed by atoms with van der Waals surface area (Å²) in [6, 6.07) is 20.9. The molecule has 0 aromatic heterocycles. The highest BCUT2D eigenvalue weighted by Crippen LogP contribution is 2.30. The van der Waals surface area contributed by atoms with E-state index in [1.165, 1.54) is 5.56 Å². The lowest BCUT2D eigenvalue weighted by molar-refractivity contribution is -0.159. The Morgan fingerprint density at radius 1 is 0.962 bits per heavy atom. The molecule has 2 aromatic carbocycles. The van der Waals surface area contributed by atoms with Crippen molar-refractivity contribution in [3.05, 3.63) is 66.2 Å². The third-order valence-electron chi connectivity index (χ3n) is 4.19. The first kappa shape index (κ1) is 19.5. The predicted octanol–water partition coefficient (Wildman–Crippen LogP) is 2.71. The number of carbonyl (C=O) groups is 2. The second kappa shape index (κ2) is 9.58. The van der Waals surface area contributed by atoms with Crippen LogP contribution in [0.2, 0.25) is 0 Å². The summed E-state index contributed by atoms with van der Waals surface area (Å²) in [4.78, 5) is 20.6. The van der Waals surface area contributed by atoms with Gasteiger partial charge in [0.1, 0.15) is 11.9 Å². The Labute approximate surface area is 152 Å². The fraction of sp³-hybridized carbons (Fsp3) is 0.300. The molecule has 0 amide bonds. The van der Waals surface area contributed by atoms with E-state index >= 15 is 0 Å². The zero-order valence-electron chi connectivity index (χ0n) is 14.6. The number of likely N-dealkylation sites (tertiary alicyclic amines) is 1. The summed E-state index contributed by atoms with van der Waals surface area (Å²) >= 11 is 0. The molecule has 0 bridgehead atoms. The van der Waals surface area contributed by atoms with Gasteiger partial charge in [0.2, 0.25) is 0 Å². The lowest BCUT2D eigenvalue weighted by Gasteiger charge is -2.37. The minimum atomic E-state index is -1.82. The monoisotopic (exact) mass is 357 g/mol. The van der Waals surface area contributed by atoms with E-state index in [0.29, 0.717) is 5.92 Å². The number of rotatable bonds is 3. The minimum Gasteiger partial charge on any atom is -0.490 e. The van der Waals surface area contributed by atoms with Gasteiger partial charge in [-0.2, -0.15) is 0 Å². The fourth-order valence-corrected chi connectivity index (χ4v) is 2.93. The number of aliphatic carboxylic acids is 2. The summed E-state index contributed by atoms with van der Waals surface area (Å²) in [5.74, 6) is -2.23. The van der Waals surface area contributed by atoms with Crippen molar-refractivity contribution < 1.29 is 24.5 Å². The summed E-state index contributed by atoms with van der Waals surface area (Å²) < 4.78 is 6.24. The largest absolute Gasteiger partial charge is 0.490 e. The first-order chi connectivity index (χ1) is 12.5. The third kappa shape index (κ3) is 5.89. The SMILES string of the molecule is CN1CC[C@@H](Oc2ccccc2)[C@H](c2ccccc2)C1.O=C(O)C(=O)O. The quantitative estimate of drug-likeness (QED) is 0.822. The van der Waals surface area contributed by atoms with Crippen molar-refractivity contribution in [1.29, 1.82) is 0 Å². The second-order valence-electron chi connectivity index (χ2n) is 6.15. The van der Waals surface area contributed by atoms with Crippen molar-refractivity contribution >= 4 is 11.9 Å². The van der Waals surface area contributed by atoms with E-state index in [1.807, 2.05) is 30.3 Å². The Hall–Kier alpha value is -2.86. The van der Waals surface area contributed by atoms with E-state index in [1.54, 1.807) is 0 Å². The number of para-hydroxylation sites is 1. The van der Waals surface area contributed by atoms with Gasteiger partial charge >= 0.3 is 11.9 Å². The van der Waals surface area contributed by atoms with E-state index < -0.39 is 11.9 Å². The molecule has 1 heterocycles. The molecule has 1 saturated heterocycles. The Kier molecular flexibility index (Phi) is 7.17. The summed E-state index contributed by atoms with van der Waals surface area (Å²) in [7, 11) is 2.19. The van der Waals surface area contributed by atoms with Crippen molar-refractivity contribution in [3.8, 4) is 5.75 Å². The highest BCUT2D eigenvalue weighted by molar-refractivity contribution is 6.27. The van der Waals surface area contributed by atoms with E-state index in [0.717, 1.165) is 25.3 Å². The lowest BCUT2D eigenvalue weighted by atomic mass is 9.88. The molecular weight excluding hydrogens is 334 g/mol. The van der Waals surface area contributed by atoms with Crippen LogP contribution in [0.25, 0.3) is 0 Å². The van der Waals surface area contributed by atoms with Gasteiger partial charge in [-0.05, 0) is 31.2 Å². The number of hydrogen-bond donors (Lipinski definition) is 2. The molecule has 0 aliphatic carbocycles. The summed E-state index contributed by atoms with van der Waals surface area (Å²) in [6.07, 6.45) is 1.33. The Morgan fingerprint density at radius 3 is 2.04 bits per heavy atom.